The molecule has 1 unspecified atom stereocenters. The highest BCUT2D eigenvalue weighted by Gasteiger charge is 2.14. The Morgan fingerprint density at radius 3 is 1.81 bits per heavy atom. The quantitative estimate of drug-likeness (QED) is 0.538. The second-order valence-corrected chi connectivity index (χ2v) is 4.25. The average Bonchev–Trinajstić information content (AvgIpc) is 2.15. The Hall–Kier alpha value is -0.960. The van der Waals surface area contributed by atoms with E-state index in [1.807, 2.05) is 14.1 Å². The molecule has 7 nitrogen and oxygen atoms in total. The molecule has 0 aromatic rings. The third-order valence-corrected chi connectivity index (χ3v) is 2.19. The van der Waals surface area contributed by atoms with Crippen LogP contribution < -0.4 is 0 Å². The lowest BCUT2D eigenvalue weighted by atomic mass is 10.1. The maximum Gasteiger partial charge on any atom is 0.397 e. The number of nitrogens with zero attached hydrogens (tertiary/aromatic N) is 1. The highest BCUT2D eigenvalue weighted by atomic mass is 32.3. The smallest absolute Gasteiger partial charge is 0.397 e. The second kappa shape index (κ2) is 7.34. The van der Waals surface area contributed by atoms with Crippen molar-refractivity contribution in [3.8, 4) is 0 Å². The third-order valence-electron chi connectivity index (χ3n) is 1.76. The standard InChI is InChI=1S/C7H13NO2.CH4O4S/c1-5(7(9)10)6(2)8(3)4;1-5-6(2,3)4/h6H,1H2,2-4H3,(H,9,10);1H3,(H,2,3,4). The van der Waals surface area contributed by atoms with E-state index < -0.39 is 16.4 Å². The second-order valence-electron chi connectivity index (χ2n) is 3.06. The molecule has 0 rings (SSSR count). The van der Waals surface area contributed by atoms with E-state index in [0.29, 0.717) is 0 Å². The number of aliphatic carboxylic acids is 1. The summed E-state index contributed by atoms with van der Waals surface area (Å²) in [5.74, 6) is -0.929. The van der Waals surface area contributed by atoms with Crippen LogP contribution in [0.3, 0.4) is 0 Å². The van der Waals surface area contributed by atoms with Crippen LogP contribution in [0.5, 0.6) is 0 Å². The summed E-state index contributed by atoms with van der Waals surface area (Å²) in [6.07, 6.45) is 0. The first-order chi connectivity index (χ1) is 7.02. The minimum absolute atomic E-state index is 0.0995. The van der Waals surface area contributed by atoms with Crippen molar-refractivity contribution < 1.29 is 27.1 Å². The summed E-state index contributed by atoms with van der Waals surface area (Å²) >= 11 is 0. The van der Waals surface area contributed by atoms with E-state index >= 15 is 0 Å². The fourth-order valence-corrected chi connectivity index (χ4v) is 0.490. The van der Waals surface area contributed by atoms with Gasteiger partial charge in [0.25, 0.3) is 0 Å². The minimum Gasteiger partial charge on any atom is -0.478 e. The molecule has 0 fully saturated rings. The molecular formula is C8H17NO6S. The molecule has 0 bridgehead atoms. The van der Waals surface area contributed by atoms with E-state index in [9.17, 15) is 13.2 Å². The van der Waals surface area contributed by atoms with Gasteiger partial charge in [-0.2, -0.15) is 8.42 Å². The predicted octanol–water partition coefficient (Wildman–Crippen LogP) is 0.0129. The van der Waals surface area contributed by atoms with Crippen LogP contribution in [0.2, 0.25) is 0 Å². The van der Waals surface area contributed by atoms with Crippen molar-refractivity contribution in [3.63, 3.8) is 0 Å². The maximum atomic E-state index is 10.3. The van der Waals surface area contributed by atoms with E-state index in [1.165, 1.54) is 0 Å². The lowest BCUT2D eigenvalue weighted by molar-refractivity contribution is -0.133. The SMILES string of the molecule is C=C(C(=O)O)C(C)N(C)C.COS(=O)(=O)O. The van der Waals surface area contributed by atoms with Crippen LogP contribution in [0.1, 0.15) is 6.92 Å². The molecule has 0 aromatic heterocycles. The zero-order valence-corrected chi connectivity index (χ0v) is 10.5. The van der Waals surface area contributed by atoms with Crippen molar-refractivity contribution in [2.75, 3.05) is 21.2 Å². The number of rotatable bonds is 4. The molecule has 8 heteroatoms. The first-order valence-electron chi connectivity index (χ1n) is 4.14. The zero-order valence-electron chi connectivity index (χ0n) is 9.67. The molecule has 0 radical (unpaired) electrons. The van der Waals surface area contributed by atoms with E-state index in [-0.39, 0.29) is 11.6 Å². The Kier molecular flexibility index (Phi) is 7.99. The van der Waals surface area contributed by atoms with Crippen LogP contribution in [0.4, 0.5) is 0 Å². The minimum atomic E-state index is -4.16. The predicted molar refractivity (Wildman–Crippen MR) is 58.5 cm³/mol. The Morgan fingerprint density at radius 1 is 1.44 bits per heavy atom. The van der Waals surface area contributed by atoms with Crippen LogP contribution >= 0.6 is 0 Å². The van der Waals surface area contributed by atoms with Gasteiger partial charge in [0.05, 0.1) is 7.11 Å². The van der Waals surface area contributed by atoms with Gasteiger partial charge in [-0.1, -0.05) is 6.58 Å². The van der Waals surface area contributed by atoms with Crippen molar-refractivity contribution in [1.29, 1.82) is 0 Å². The first kappa shape index (κ1) is 17.4. The van der Waals surface area contributed by atoms with E-state index in [2.05, 4.69) is 10.8 Å². The van der Waals surface area contributed by atoms with Gasteiger partial charge in [0.2, 0.25) is 0 Å². The first-order valence-corrected chi connectivity index (χ1v) is 5.51. The molecule has 2 N–H and O–H groups in total. The molecular weight excluding hydrogens is 238 g/mol. The topological polar surface area (TPSA) is 104 Å². The highest BCUT2D eigenvalue weighted by molar-refractivity contribution is 7.80. The van der Waals surface area contributed by atoms with Crippen molar-refractivity contribution >= 4 is 16.4 Å². The molecule has 0 aromatic carbocycles. The number of hydrogen-bond donors (Lipinski definition) is 2. The molecule has 0 amide bonds. The third kappa shape index (κ3) is 9.59. The van der Waals surface area contributed by atoms with Crippen LogP contribution in [0.25, 0.3) is 0 Å². The fraction of sp³-hybridized carbons (Fsp3) is 0.625. The molecule has 0 heterocycles. The van der Waals surface area contributed by atoms with Gasteiger partial charge in [0.15, 0.2) is 0 Å². The van der Waals surface area contributed by atoms with Crippen LogP contribution in [0.15, 0.2) is 12.2 Å². The molecule has 0 spiro atoms. The summed E-state index contributed by atoms with van der Waals surface area (Å²) in [5, 5.41) is 8.48. The van der Waals surface area contributed by atoms with Crippen LogP contribution in [-0.2, 0) is 19.4 Å². The number of carbonyl (C=O) groups is 1. The average molecular weight is 255 g/mol. The van der Waals surface area contributed by atoms with Gasteiger partial charge in [-0.3, -0.25) is 8.74 Å². The van der Waals surface area contributed by atoms with E-state index in [0.717, 1.165) is 7.11 Å². The molecule has 0 saturated carbocycles. The van der Waals surface area contributed by atoms with Gasteiger partial charge in [0.1, 0.15) is 0 Å². The highest BCUT2D eigenvalue weighted by Crippen LogP contribution is 2.03. The van der Waals surface area contributed by atoms with Gasteiger partial charge in [-0.15, -0.1) is 0 Å². The number of carboxylic acid groups (broad SMARTS) is 1. The zero-order chi connectivity index (χ0) is 13.5. The van der Waals surface area contributed by atoms with Crippen LogP contribution in [0, 0.1) is 0 Å². The Morgan fingerprint density at radius 2 is 1.75 bits per heavy atom. The summed E-state index contributed by atoms with van der Waals surface area (Å²) in [4.78, 5) is 12.1. The molecule has 96 valence electrons. The van der Waals surface area contributed by atoms with Gasteiger partial charge >= 0.3 is 16.4 Å². The monoisotopic (exact) mass is 255 g/mol. The van der Waals surface area contributed by atoms with Gasteiger partial charge in [0, 0.05) is 11.6 Å². The number of likely N-dealkylation sites (N-methyl/N-ethyl adjacent to an activating group) is 1. The summed E-state index contributed by atoms with van der Waals surface area (Å²) in [6.45, 7) is 5.24. The molecule has 0 saturated heterocycles. The fourth-order valence-electron chi connectivity index (χ4n) is 0.490. The lowest BCUT2D eigenvalue weighted by Gasteiger charge is -2.18. The Bertz CT molecular complexity index is 334. The maximum absolute atomic E-state index is 10.3. The lowest BCUT2D eigenvalue weighted by Crippen LogP contribution is -2.29. The molecule has 1 atom stereocenters. The summed E-state index contributed by atoms with van der Waals surface area (Å²) in [5.41, 5.74) is 0.227. The summed E-state index contributed by atoms with van der Waals surface area (Å²) in [7, 11) is 0.345. The van der Waals surface area contributed by atoms with Crippen molar-refractivity contribution in [1.82, 2.24) is 4.90 Å². The van der Waals surface area contributed by atoms with Gasteiger partial charge in [-0.05, 0) is 21.0 Å². The van der Waals surface area contributed by atoms with Gasteiger partial charge in [-0.25, -0.2) is 4.79 Å². The van der Waals surface area contributed by atoms with Crippen LogP contribution in [-0.4, -0.2) is 56.2 Å². The molecule has 0 aliphatic carbocycles. The van der Waals surface area contributed by atoms with Crippen molar-refractivity contribution in [2.45, 2.75) is 13.0 Å². The van der Waals surface area contributed by atoms with E-state index in [1.54, 1.807) is 11.8 Å². The molecule has 0 aliphatic rings. The normalized spacial score (nSPS) is 12.6. The number of carboxylic acids is 1. The van der Waals surface area contributed by atoms with E-state index in [4.69, 9.17) is 9.66 Å². The van der Waals surface area contributed by atoms with Crippen molar-refractivity contribution in [2.24, 2.45) is 0 Å². The summed E-state index contributed by atoms with van der Waals surface area (Å²) < 4.78 is 29.7. The molecule has 0 aliphatic heterocycles. The van der Waals surface area contributed by atoms with Gasteiger partial charge < -0.3 is 10.0 Å². The Balaban J connectivity index is 0. The summed E-state index contributed by atoms with van der Waals surface area (Å²) in [6, 6.07) is -0.0995. The molecule has 16 heavy (non-hydrogen) atoms. The number of hydrogen-bond acceptors (Lipinski definition) is 5. The van der Waals surface area contributed by atoms with Crippen molar-refractivity contribution in [3.05, 3.63) is 12.2 Å². The largest absolute Gasteiger partial charge is 0.478 e. The Labute approximate surface area is 95.3 Å².